The number of rotatable bonds is 6. The van der Waals surface area contributed by atoms with Crippen LogP contribution in [0.2, 0.25) is 0 Å². The van der Waals surface area contributed by atoms with Gasteiger partial charge in [0.25, 0.3) is 11.7 Å². The molecule has 0 fully saturated rings. The zero-order valence-corrected chi connectivity index (χ0v) is 17.8. The summed E-state index contributed by atoms with van der Waals surface area (Å²) in [5.74, 6) is -0.822. The first-order valence-corrected chi connectivity index (χ1v) is 10.1. The minimum absolute atomic E-state index is 0.119. The summed E-state index contributed by atoms with van der Waals surface area (Å²) in [4.78, 5) is 29.2. The number of carbonyl (C=O) groups excluding carboxylic acids is 2. The molecule has 0 aliphatic heterocycles. The van der Waals surface area contributed by atoms with Crippen molar-refractivity contribution >= 4 is 17.6 Å². The van der Waals surface area contributed by atoms with Gasteiger partial charge in [-0.15, -0.1) is 5.10 Å². The van der Waals surface area contributed by atoms with Gasteiger partial charge in [-0.05, 0) is 49.2 Å². The highest BCUT2D eigenvalue weighted by atomic mass is 16.5. The van der Waals surface area contributed by atoms with Gasteiger partial charge < -0.3 is 10.1 Å². The van der Waals surface area contributed by atoms with Crippen LogP contribution in [-0.4, -0.2) is 33.2 Å². The summed E-state index contributed by atoms with van der Waals surface area (Å²) in [6, 6.07) is 24.5. The maximum Gasteiger partial charge on any atom is 0.378 e. The lowest BCUT2D eigenvalue weighted by Crippen LogP contribution is -2.21. The molecule has 7 nitrogen and oxygen atoms in total. The van der Waals surface area contributed by atoms with Crippen molar-refractivity contribution in [2.45, 2.75) is 13.8 Å². The van der Waals surface area contributed by atoms with Gasteiger partial charge in [0.15, 0.2) is 12.4 Å². The van der Waals surface area contributed by atoms with Crippen LogP contribution in [0.25, 0.3) is 17.1 Å². The Bertz CT molecular complexity index is 1170. The van der Waals surface area contributed by atoms with E-state index in [-0.39, 0.29) is 5.82 Å². The predicted octanol–water partition coefficient (Wildman–Crippen LogP) is 4.35. The Morgan fingerprint density at radius 2 is 1.53 bits per heavy atom. The van der Waals surface area contributed by atoms with Gasteiger partial charge in [0, 0.05) is 11.3 Å². The van der Waals surface area contributed by atoms with Crippen molar-refractivity contribution in [3.05, 3.63) is 95.8 Å². The summed E-state index contributed by atoms with van der Waals surface area (Å²) in [6.45, 7) is 3.45. The minimum atomic E-state index is -0.771. The number of aryl methyl sites for hydroxylation is 2. The Hall–Kier alpha value is -4.26. The van der Waals surface area contributed by atoms with Crippen LogP contribution in [0.1, 0.15) is 21.7 Å². The number of nitrogens with zero attached hydrogens (tertiary/aromatic N) is 3. The molecule has 1 amide bonds. The fraction of sp³-hybridized carbons (Fsp3) is 0.120. The van der Waals surface area contributed by atoms with E-state index in [2.05, 4.69) is 15.4 Å². The Balaban J connectivity index is 1.51. The molecule has 160 valence electrons. The van der Waals surface area contributed by atoms with Gasteiger partial charge in [0.1, 0.15) is 0 Å². The van der Waals surface area contributed by atoms with Gasteiger partial charge in [0.2, 0.25) is 0 Å². The molecule has 3 aromatic carbocycles. The normalized spacial score (nSPS) is 10.6. The van der Waals surface area contributed by atoms with Crippen molar-refractivity contribution in [2.24, 2.45) is 0 Å². The first-order chi connectivity index (χ1) is 15.5. The van der Waals surface area contributed by atoms with Gasteiger partial charge in [-0.25, -0.2) is 14.5 Å². The van der Waals surface area contributed by atoms with Crippen molar-refractivity contribution in [3.8, 4) is 17.1 Å². The van der Waals surface area contributed by atoms with Crippen LogP contribution in [0, 0.1) is 13.8 Å². The third-order valence-corrected chi connectivity index (χ3v) is 4.66. The summed E-state index contributed by atoms with van der Waals surface area (Å²) >= 11 is 0. The molecule has 0 spiro atoms. The summed E-state index contributed by atoms with van der Waals surface area (Å²) in [5.41, 5.74) is 4.27. The van der Waals surface area contributed by atoms with Crippen LogP contribution in [0.15, 0.2) is 78.9 Å². The number of hydrogen-bond donors (Lipinski definition) is 1. The second kappa shape index (κ2) is 9.26. The van der Waals surface area contributed by atoms with E-state index in [4.69, 9.17) is 4.74 Å². The van der Waals surface area contributed by atoms with Gasteiger partial charge in [0.05, 0.1) is 5.69 Å². The lowest BCUT2D eigenvalue weighted by atomic mass is 10.1. The molecule has 1 aromatic heterocycles. The third kappa shape index (κ3) is 4.89. The van der Waals surface area contributed by atoms with E-state index in [1.807, 2.05) is 92.7 Å². The summed E-state index contributed by atoms with van der Waals surface area (Å²) < 4.78 is 6.76. The first kappa shape index (κ1) is 21.0. The number of ether oxygens (including phenoxy) is 1. The van der Waals surface area contributed by atoms with Crippen LogP contribution >= 0.6 is 0 Å². The molecule has 0 radical (unpaired) electrons. The highest BCUT2D eigenvalue weighted by molar-refractivity contribution is 5.94. The fourth-order valence-electron chi connectivity index (χ4n) is 3.36. The number of nitrogens with one attached hydrogen (secondary N) is 1. The SMILES string of the molecule is Cc1cc(C)cc(NC(=O)COC(=O)c2nc(-c3ccccc3)n(-c3ccccc3)n2)c1. The monoisotopic (exact) mass is 426 g/mol. The van der Waals surface area contributed by atoms with Gasteiger partial charge in [-0.3, -0.25) is 4.79 Å². The number of anilines is 1. The highest BCUT2D eigenvalue weighted by Crippen LogP contribution is 2.21. The standard InChI is InChI=1S/C25H22N4O3/c1-17-13-18(2)15-20(14-17)26-22(30)16-32-25(31)23-27-24(19-9-5-3-6-10-19)29(28-23)21-11-7-4-8-12-21/h3-15H,16H2,1-2H3,(H,26,30). The van der Waals surface area contributed by atoms with Crippen molar-refractivity contribution in [2.75, 3.05) is 11.9 Å². The van der Waals surface area contributed by atoms with Gasteiger partial charge in [-0.1, -0.05) is 54.6 Å². The van der Waals surface area contributed by atoms with Gasteiger partial charge in [-0.2, -0.15) is 0 Å². The molecular formula is C25H22N4O3. The lowest BCUT2D eigenvalue weighted by Gasteiger charge is -2.07. The molecule has 1 N–H and O–H groups in total. The van der Waals surface area contributed by atoms with E-state index in [9.17, 15) is 9.59 Å². The average Bonchev–Trinajstić information content (AvgIpc) is 3.24. The number of amides is 1. The number of hydrogen-bond acceptors (Lipinski definition) is 5. The Kier molecular flexibility index (Phi) is 6.07. The van der Waals surface area contributed by atoms with Crippen LogP contribution < -0.4 is 5.32 Å². The lowest BCUT2D eigenvalue weighted by molar-refractivity contribution is -0.119. The summed E-state index contributed by atoms with van der Waals surface area (Å²) in [5, 5.41) is 7.08. The molecule has 0 bridgehead atoms. The fourth-order valence-corrected chi connectivity index (χ4v) is 3.36. The molecule has 4 aromatic rings. The Morgan fingerprint density at radius 3 is 2.19 bits per heavy atom. The zero-order valence-electron chi connectivity index (χ0n) is 17.8. The van der Waals surface area contributed by atoms with Crippen LogP contribution in [0.5, 0.6) is 0 Å². The number of para-hydroxylation sites is 1. The first-order valence-electron chi connectivity index (χ1n) is 10.1. The highest BCUT2D eigenvalue weighted by Gasteiger charge is 2.20. The number of esters is 1. The second-order valence-corrected chi connectivity index (χ2v) is 7.37. The minimum Gasteiger partial charge on any atom is -0.450 e. The molecular weight excluding hydrogens is 404 g/mol. The molecule has 0 aliphatic rings. The van der Waals surface area contributed by atoms with Crippen molar-refractivity contribution in [1.29, 1.82) is 0 Å². The van der Waals surface area contributed by atoms with Crippen LogP contribution in [-0.2, 0) is 9.53 Å². The van der Waals surface area contributed by atoms with Crippen molar-refractivity contribution < 1.29 is 14.3 Å². The number of aromatic nitrogens is 3. The maximum absolute atomic E-state index is 12.6. The molecule has 4 rings (SSSR count). The molecule has 7 heteroatoms. The van der Waals surface area contributed by atoms with Crippen molar-refractivity contribution in [1.82, 2.24) is 14.8 Å². The zero-order chi connectivity index (χ0) is 22.5. The number of carbonyl (C=O) groups is 2. The van der Waals surface area contributed by atoms with Crippen molar-refractivity contribution in [3.63, 3.8) is 0 Å². The molecule has 0 aliphatic carbocycles. The molecule has 0 saturated heterocycles. The van der Waals surface area contributed by atoms with Gasteiger partial charge >= 0.3 is 5.97 Å². The summed E-state index contributed by atoms with van der Waals surface area (Å²) in [6.07, 6.45) is 0. The third-order valence-electron chi connectivity index (χ3n) is 4.66. The number of benzene rings is 3. The molecule has 0 atom stereocenters. The topological polar surface area (TPSA) is 86.1 Å². The second-order valence-electron chi connectivity index (χ2n) is 7.37. The van der Waals surface area contributed by atoms with E-state index < -0.39 is 18.5 Å². The van der Waals surface area contributed by atoms with Crippen LogP contribution in [0.3, 0.4) is 0 Å². The summed E-state index contributed by atoms with van der Waals surface area (Å²) in [7, 11) is 0. The predicted molar refractivity (Wildman–Crippen MR) is 122 cm³/mol. The quantitative estimate of drug-likeness (QED) is 0.464. The molecule has 0 saturated carbocycles. The Labute approximate surface area is 185 Å². The van der Waals surface area contributed by atoms with E-state index in [1.165, 1.54) is 0 Å². The van der Waals surface area contributed by atoms with E-state index in [1.54, 1.807) is 4.68 Å². The van der Waals surface area contributed by atoms with E-state index in [0.717, 1.165) is 22.4 Å². The molecule has 32 heavy (non-hydrogen) atoms. The Morgan fingerprint density at radius 1 is 0.906 bits per heavy atom. The van der Waals surface area contributed by atoms with E-state index >= 15 is 0 Å². The largest absolute Gasteiger partial charge is 0.450 e. The molecule has 0 unspecified atom stereocenters. The average molecular weight is 426 g/mol. The smallest absolute Gasteiger partial charge is 0.378 e. The van der Waals surface area contributed by atoms with E-state index in [0.29, 0.717) is 11.5 Å². The molecule has 1 heterocycles. The van der Waals surface area contributed by atoms with Crippen LogP contribution in [0.4, 0.5) is 5.69 Å². The maximum atomic E-state index is 12.6.